The van der Waals surface area contributed by atoms with Crippen LogP contribution in [0.3, 0.4) is 0 Å². The van der Waals surface area contributed by atoms with Gasteiger partial charge >= 0.3 is 18.0 Å². The number of anilines is 2. The van der Waals surface area contributed by atoms with Gasteiger partial charge in [-0.2, -0.15) is 0 Å². The quantitative estimate of drug-likeness (QED) is 0.842. The number of urea groups is 1. The van der Waals surface area contributed by atoms with Gasteiger partial charge in [0.05, 0.1) is 25.3 Å². The zero-order valence-corrected chi connectivity index (χ0v) is 13.2. The molecule has 2 amide bonds. The number of carbonyl (C=O) groups is 3. The molecule has 0 aromatic heterocycles. The average molecular weight is 328 g/mol. The van der Waals surface area contributed by atoms with Crippen LogP contribution in [-0.2, 0) is 9.47 Å². The van der Waals surface area contributed by atoms with Gasteiger partial charge in [-0.15, -0.1) is 0 Å². The molecule has 0 aliphatic carbocycles. The summed E-state index contributed by atoms with van der Waals surface area (Å²) in [6.07, 6.45) is 0. The molecule has 0 saturated heterocycles. The molecule has 2 aromatic rings. The van der Waals surface area contributed by atoms with Crippen LogP contribution in [0.1, 0.15) is 20.7 Å². The van der Waals surface area contributed by atoms with E-state index < -0.39 is 18.0 Å². The highest BCUT2D eigenvalue weighted by molar-refractivity contribution is 6.00. The van der Waals surface area contributed by atoms with E-state index in [1.807, 2.05) is 0 Å². The van der Waals surface area contributed by atoms with Crippen LogP contribution in [0, 0.1) is 0 Å². The summed E-state index contributed by atoms with van der Waals surface area (Å²) in [5, 5.41) is 5.26. The van der Waals surface area contributed by atoms with E-state index in [9.17, 15) is 14.4 Å². The van der Waals surface area contributed by atoms with E-state index >= 15 is 0 Å². The van der Waals surface area contributed by atoms with Crippen molar-refractivity contribution in [2.24, 2.45) is 0 Å². The van der Waals surface area contributed by atoms with Crippen molar-refractivity contribution < 1.29 is 23.9 Å². The van der Waals surface area contributed by atoms with Crippen LogP contribution < -0.4 is 10.6 Å². The standard InChI is InChI=1S/C17H16N2O5/c1-23-15(20)11-3-7-13(8-4-11)18-17(22)19-14-9-5-12(6-10-14)16(21)24-2/h3-10H,1-2H3,(H2,18,19,22). The monoisotopic (exact) mass is 328 g/mol. The van der Waals surface area contributed by atoms with Gasteiger partial charge in [0.25, 0.3) is 0 Å². The molecule has 124 valence electrons. The van der Waals surface area contributed by atoms with E-state index in [0.29, 0.717) is 22.5 Å². The molecule has 0 saturated carbocycles. The lowest BCUT2D eigenvalue weighted by Gasteiger charge is -2.08. The molecule has 24 heavy (non-hydrogen) atoms. The molecule has 0 fully saturated rings. The number of hydrogen-bond acceptors (Lipinski definition) is 5. The number of benzene rings is 2. The predicted octanol–water partition coefficient (Wildman–Crippen LogP) is 2.90. The zero-order valence-electron chi connectivity index (χ0n) is 13.2. The zero-order chi connectivity index (χ0) is 17.5. The van der Waals surface area contributed by atoms with E-state index in [-0.39, 0.29) is 0 Å². The first-order valence-corrected chi connectivity index (χ1v) is 6.98. The van der Waals surface area contributed by atoms with Gasteiger partial charge in [0.2, 0.25) is 0 Å². The Bertz CT molecular complexity index is 675. The van der Waals surface area contributed by atoms with Crippen molar-refractivity contribution >= 4 is 29.3 Å². The van der Waals surface area contributed by atoms with Gasteiger partial charge in [-0.1, -0.05) is 0 Å². The van der Waals surface area contributed by atoms with Gasteiger partial charge in [0.15, 0.2) is 0 Å². The van der Waals surface area contributed by atoms with Gasteiger partial charge < -0.3 is 20.1 Å². The fourth-order valence-corrected chi connectivity index (χ4v) is 1.91. The maximum atomic E-state index is 11.9. The van der Waals surface area contributed by atoms with Crippen molar-refractivity contribution in [3.63, 3.8) is 0 Å². The first-order chi connectivity index (χ1) is 11.5. The first kappa shape index (κ1) is 17.0. The molecule has 0 unspecified atom stereocenters. The Hall–Kier alpha value is -3.35. The van der Waals surface area contributed by atoms with E-state index in [2.05, 4.69) is 20.1 Å². The molecular weight excluding hydrogens is 312 g/mol. The second-order valence-corrected chi connectivity index (χ2v) is 4.72. The summed E-state index contributed by atoms with van der Waals surface area (Å²) < 4.78 is 9.20. The van der Waals surface area contributed by atoms with E-state index in [1.165, 1.54) is 14.2 Å². The highest BCUT2D eigenvalue weighted by atomic mass is 16.5. The number of amides is 2. The first-order valence-electron chi connectivity index (χ1n) is 6.98. The third kappa shape index (κ3) is 4.33. The molecule has 0 aliphatic rings. The fraction of sp³-hybridized carbons (Fsp3) is 0.118. The lowest BCUT2D eigenvalue weighted by molar-refractivity contribution is 0.0592. The van der Waals surface area contributed by atoms with Gasteiger partial charge in [0, 0.05) is 11.4 Å². The predicted molar refractivity (Wildman–Crippen MR) is 88.2 cm³/mol. The molecule has 2 rings (SSSR count). The molecule has 0 spiro atoms. The summed E-state index contributed by atoms with van der Waals surface area (Å²) in [6, 6.07) is 12.1. The molecular formula is C17H16N2O5. The number of nitrogens with one attached hydrogen (secondary N) is 2. The Morgan fingerprint density at radius 1 is 0.667 bits per heavy atom. The normalized spacial score (nSPS) is 9.75. The van der Waals surface area contributed by atoms with Crippen LogP contribution in [0.4, 0.5) is 16.2 Å². The molecule has 7 nitrogen and oxygen atoms in total. The molecule has 0 atom stereocenters. The maximum absolute atomic E-state index is 11.9. The fourth-order valence-electron chi connectivity index (χ4n) is 1.91. The lowest BCUT2D eigenvalue weighted by Crippen LogP contribution is -2.19. The number of carbonyl (C=O) groups excluding carboxylic acids is 3. The highest BCUT2D eigenvalue weighted by Gasteiger charge is 2.08. The summed E-state index contributed by atoms with van der Waals surface area (Å²) in [4.78, 5) is 34.6. The largest absolute Gasteiger partial charge is 0.465 e. The highest BCUT2D eigenvalue weighted by Crippen LogP contribution is 2.13. The lowest BCUT2D eigenvalue weighted by atomic mass is 10.2. The Labute approximate surface area is 138 Å². The summed E-state index contributed by atoms with van der Waals surface area (Å²) >= 11 is 0. The van der Waals surface area contributed by atoms with Crippen LogP contribution in [0.25, 0.3) is 0 Å². The number of hydrogen-bond donors (Lipinski definition) is 2. The van der Waals surface area contributed by atoms with Gasteiger partial charge in [-0.05, 0) is 48.5 Å². The van der Waals surface area contributed by atoms with Gasteiger partial charge in [-0.3, -0.25) is 0 Å². The number of rotatable bonds is 4. The van der Waals surface area contributed by atoms with Gasteiger partial charge in [0.1, 0.15) is 0 Å². The van der Waals surface area contributed by atoms with Crippen LogP contribution in [-0.4, -0.2) is 32.2 Å². The van der Waals surface area contributed by atoms with Crippen LogP contribution in [0.5, 0.6) is 0 Å². The van der Waals surface area contributed by atoms with Crippen LogP contribution in [0.15, 0.2) is 48.5 Å². The summed E-state index contributed by atoms with van der Waals surface area (Å²) in [5.74, 6) is -0.895. The minimum absolute atomic E-state index is 0.391. The minimum Gasteiger partial charge on any atom is -0.465 e. The Kier molecular flexibility index (Phi) is 5.51. The second kappa shape index (κ2) is 7.77. The Morgan fingerprint density at radius 3 is 1.29 bits per heavy atom. The van der Waals surface area contributed by atoms with E-state index in [0.717, 1.165) is 0 Å². The van der Waals surface area contributed by atoms with Crippen LogP contribution >= 0.6 is 0 Å². The van der Waals surface area contributed by atoms with E-state index in [1.54, 1.807) is 48.5 Å². The van der Waals surface area contributed by atoms with Crippen molar-refractivity contribution in [1.29, 1.82) is 0 Å². The summed E-state index contributed by atoms with van der Waals surface area (Å²) in [7, 11) is 2.60. The summed E-state index contributed by atoms with van der Waals surface area (Å²) in [6.45, 7) is 0. The number of methoxy groups -OCH3 is 2. The molecule has 0 radical (unpaired) electrons. The number of esters is 2. The molecule has 0 bridgehead atoms. The van der Waals surface area contributed by atoms with Crippen LogP contribution in [0.2, 0.25) is 0 Å². The third-order valence-electron chi connectivity index (χ3n) is 3.13. The van der Waals surface area contributed by atoms with Crippen molar-refractivity contribution in [3.8, 4) is 0 Å². The van der Waals surface area contributed by atoms with Crippen molar-refractivity contribution in [2.45, 2.75) is 0 Å². The Balaban J connectivity index is 1.95. The smallest absolute Gasteiger partial charge is 0.337 e. The SMILES string of the molecule is COC(=O)c1ccc(NC(=O)Nc2ccc(C(=O)OC)cc2)cc1. The third-order valence-corrected chi connectivity index (χ3v) is 3.13. The molecule has 2 aromatic carbocycles. The minimum atomic E-state index is -0.452. The molecule has 0 heterocycles. The van der Waals surface area contributed by atoms with Crippen molar-refractivity contribution in [1.82, 2.24) is 0 Å². The van der Waals surface area contributed by atoms with E-state index in [4.69, 9.17) is 0 Å². The topological polar surface area (TPSA) is 93.7 Å². The van der Waals surface area contributed by atoms with Crippen molar-refractivity contribution in [3.05, 3.63) is 59.7 Å². The average Bonchev–Trinajstić information content (AvgIpc) is 2.61. The maximum Gasteiger partial charge on any atom is 0.337 e. The summed E-state index contributed by atoms with van der Waals surface area (Å²) in [5.41, 5.74) is 1.82. The Morgan fingerprint density at radius 2 is 1.00 bits per heavy atom. The number of ether oxygens (including phenoxy) is 2. The molecule has 7 heteroatoms. The second-order valence-electron chi connectivity index (χ2n) is 4.72. The van der Waals surface area contributed by atoms with Gasteiger partial charge in [-0.25, -0.2) is 14.4 Å². The molecule has 2 N–H and O–H groups in total. The molecule has 0 aliphatic heterocycles. The van der Waals surface area contributed by atoms with Crippen molar-refractivity contribution in [2.75, 3.05) is 24.9 Å².